The number of halogens is 1. The SMILES string of the molecule is CCC(CC)(CBr)CSC. The number of hydrogen-bond acceptors (Lipinski definition) is 1. The molecule has 0 aliphatic rings. The van der Waals surface area contributed by atoms with Crippen molar-refractivity contribution >= 4 is 27.7 Å². The van der Waals surface area contributed by atoms with E-state index in [0.717, 1.165) is 5.33 Å². The minimum atomic E-state index is 0.555. The van der Waals surface area contributed by atoms with Gasteiger partial charge in [-0.15, -0.1) is 0 Å². The third kappa shape index (κ3) is 2.83. The van der Waals surface area contributed by atoms with E-state index in [9.17, 15) is 0 Å². The summed E-state index contributed by atoms with van der Waals surface area (Å²) in [7, 11) is 0. The van der Waals surface area contributed by atoms with E-state index < -0.39 is 0 Å². The molecular weight excluding hydrogens is 208 g/mol. The Kier molecular flexibility index (Phi) is 5.93. The molecule has 0 bridgehead atoms. The van der Waals surface area contributed by atoms with Crippen LogP contribution in [0.4, 0.5) is 0 Å². The summed E-state index contributed by atoms with van der Waals surface area (Å²) < 4.78 is 0. The second-order valence-corrected chi connectivity index (χ2v) is 4.20. The fraction of sp³-hybridized carbons (Fsp3) is 1.00. The molecule has 0 amide bonds. The van der Waals surface area contributed by atoms with Gasteiger partial charge >= 0.3 is 0 Å². The summed E-state index contributed by atoms with van der Waals surface area (Å²) in [6.45, 7) is 4.56. The molecule has 0 saturated heterocycles. The van der Waals surface area contributed by atoms with Gasteiger partial charge in [0.2, 0.25) is 0 Å². The Morgan fingerprint density at radius 3 is 1.90 bits per heavy atom. The van der Waals surface area contributed by atoms with E-state index in [2.05, 4.69) is 36.0 Å². The fourth-order valence-corrected chi connectivity index (χ4v) is 3.36. The molecule has 0 unspecified atom stereocenters. The molecule has 0 aromatic rings. The highest BCUT2D eigenvalue weighted by atomic mass is 79.9. The van der Waals surface area contributed by atoms with E-state index in [-0.39, 0.29) is 0 Å². The maximum Gasteiger partial charge on any atom is 0.00956 e. The monoisotopic (exact) mass is 224 g/mol. The van der Waals surface area contributed by atoms with Crippen LogP contribution in [0, 0.1) is 5.41 Å². The normalized spacial score (nSPS) is 12.0. The summed E-state index contributed by atoms with van der Waals surface area (Å²) in [6, 6.07) is 0. The standard InChI is InChI=1S/C8H17BrS/c1-4-8(5-2,6-9)7-10-3/h4-7H2,1-3H3. The molecular formula is C8H17BrS. The molecule has 0 aromatic carbocycles. The van der Waals surface area contributed by atoms with Gasteiger partial charge in [-0.05, 0) is 30.3 Å². The van der Waals surface area contributed by atoms with E-state index in [1.165, 1.54) is 18.6 Å². The third-order valence-electron chi connectivity index (χ3n) is 2.23. The molecule has 0 nitrogen and oxygen atoms in total. The topological polar surface area (TPSA) is 0 Å². The highest BCUT2D eigenvalue weighted by molar-refractivity contribution is 9.09. The van der Waals surface area contributed by atoms with Crippen LogP contribution in [0.5, 0.6) is 0 Å². The molecule has 0 heterocycles. The van der Waals surface area contributed by atoms with Crippen LogP contribution in [0.15, 0.2) is 0 Å². The van der Waals surface area contributed by atoms with Crippen molar-refractivity contribution in [1.82, 2.24) is 0 Å². The Balaban J connectivity index is 3.87. The summed E-state index contributed by atoms with van der Waals surface area (Å²) in [4.78, 5) is 0. The van der Waals surface area contributed by atoms with Gasteiger partial charge in [0.1, 0.15) is 0 Å². The highest BCUT2D eigenvalue weighted by Crippen LogP contribution is 2.31. The van der Waals surface area contributed by atoms with Crippen molar-refractivity contribution in [3.8, 4) is 0 Å². The summed E-state index contributed by atoms with van der Waals surface area (Å²) >= 11 is 5.53. The maximum absolute atomic E-state index is 3.58. The van der Waals surface area contributed by atoms with Crippen LogP contribution in [-0.2, 0) is 0 Å². The Morgan fingerprint density at radius 2 is 1.80 bits per heavy atom. The van der Waals surface area contributed by atoms with Crippen LogP contribution < -0.4 is 0 Å². The van der Waals surface area contributed by atoms with Crippen molar-refractivity contribution < 1.29 is 0 Å². The molecule has 62 valence electrons. The lowest BCUT2D eigenvalue weighted by Crippen LogP contribution is -2.23. The molecule has 0 saturated carbocycles. The predicted molar refractivity (Wildman–Crippen MR) is 55.2 cm³/mol. The minimum absolute atomic E-state index is 0.555. The Bertz CT molecular complexity index is 71.1. The van der Waals surface area contributed by atoms with Crippen LogP contribution in [0.1, 0.15) is 26.7 Å². The maximum atomic E-state index is 3.58. The van der Waals surface area contributed by atoms with Gasteiger partial charge in [0.05, 0.1) is 0 Å². The van der Waals surface area contributed by atoms with Crippen LogP contribution in [0.2, 0.25) is 0 Å². The van der Waals surface area contributed by atoms with Crippen molar-refractivity contribution in [3.05, 3.63) is 0 Å². The summed E-state index contributed by atoms with van der Waals surface area (Å²) in [5, 5.41) is 1.15. The van der Waals surface area contributed by atoms with Gasteiger partial charge in [0.15, 0.2) is 0 Å². The molecule has 0 aliphatic heterocycles. The van der Waals surface area contributed by atoms with Crippen molar-refractivity contribution in [2.24, 2.45) is 5.41 Å². The molecule has 0 fully saturated rings. The van der Waals surface area contributed by atoms with Gasteiger partial charge in [-0.1, -0.05) is 29.8 Å². The van der Waals surface area contributed by atoms with Gasteiger partial charge in [-0.3, -0.25) is 0 Å². The highest BCUT2D eigenvalue weighted by Gasteiger charge is 2.23. The lowest BCUT2D eigenvalue weighted by molar-refractivity contribution is 0.359. The summed E-state index contributed by atoms with van der Waals surface area (Å²) in [5.41, 5.74) is 0.555. The van der Waals surface area contributed by atoms with E-state index in [4.69, 9.17) is 0 Å². The zero-order valence-electron chi connectivity index (χ0n) is 7.11. The second kappa shape index (κ2) is 5.48. The minimum Gasteiger partial charge on any atom is -0.165 e. The molecule has 0 aliphatic carbocycles. The molecule has 0 radical (unpaired) electrons. The molecule has 0 atom stereocenters. The quantitative estimate of drug-likeness (QED) is 0.645. The van der Waals surface area contributed by atoms with Crippen molar-refractivity contribution in [2.75, 3.05) is 17.3 Å². The van der Waals surface area contributed by atoms with Gasteiger partial charge in [-0.2, -0.15) is 11.8 Å². The van der Waals surface area contributed by atoms with Crippen LogP contribution in [-0.4, -0.2) is 17.3 Å². The van der Waals surface area contributed by atoms with Crippen LogP contribution in [0.25, 0.3) is 0 Å². The van der Waals surface area contributed by atoms with E-state index in [0.29, 0.717) is 5.41 Å². The molecule has 0 aromatic heterocycles. The molecule has 0 N–H and O–H groups in total. The zero-order valence-corrected chi connectivity index (χ0v) is 9.52. The van der Waals surface area contributed by atoms with Crippen molar-refractivity contribution in [2.45, 2.75) is 26.7 Å². The van der Waals surface area contributed by atoms with Gasteiger partial charge < -0.3 is 0 Å². The number of hydrogen-bond donors (Lipinski definition) is 0. The first-order chi connectivity index (χ1) is 4.74. The Morgan fingerprint density at radius 1 is 1.30 bits per heavy atom. The largest absolute Gasteiger partial charge is 0.165 e. The summed E-state index contributed by atoms with van der Waals surface area (Å²) in [6.07, 6.45) is 4.76. The lowest BCUT2D eigenvalue weighted by Gasteiger charge is -2.28. The summed E-state index contributed by atoms with van der Waals surface area (Å²) in [5.74, 6) is 1.28. The smallest absolute Gasteiger partial charge is 0.00956 e. The lowest BCUT2D eigenvalue weighted by atomic mass is 9.87. The zero-order chi connectivity index (χ0) is 8.04. The predicted octanol–water partition coefficient (Wildman–Crippen LogP) is 3.55. The van der Waals surface area contributed by atoms with Crippen molar-refractivity contribution in [3.63, 3.8) is 0 Å². The first-order valence-electron chi connectivity index (χ1n) is 3.79. The average molecular weight is 225 g/mol. The average Bonchev–Trinajstić information content (AvgIpc) is 2.01. The Hall–Kier alpha value is 0.830. The molecule has 0 spiro atoms. The van der Waals surface area contributed by atoms with E-state index >= 15 is 0 Å². The van der Waals surface area contributed by atoms with Crippen LogP contribution >= 0.6 is 27.7 Å². The van der Waals surface area contributed by atoms with Gasteiger partial charge in [0, 0.05) is 5.33 Å². The van der Waals surface area contributed by atoms with Gasteiger partial charge in [-0.25, -0.2) is 0 Å². The number of thioether (sulfide) groups is 1. The first kappa shape index (κ1) is 10.8. The van der Waals surface area contributed by atoms with Crippen LogP contribution in [0.3, 0.4) is 0 Å². The number of alkyl halides is 1. The fourth-order valence-electron chi connectivity index (χ4n) is 0.988. The first-order valence-corrected chi connectivity index (χ1v) is 6.31. The Labute approximate surface area is 77.3 Å². The second-order valence-electron chi connectivity index (χ2n) is 2.77. The van der Waals surface area contributed by atoms with E-state index in [1.54, 1.807) is 0 Å². The van der Waals surface area contributed by atoms with E-state index in [1.807, 2.05) is 11.8 Å². The third-order valence-corrected chi connectivity index (χ3v) is 4.32. The van der Waals surface area contributed by atoms with Crippen molar-refractivity contribution in [1.29, 1.82) is 0 Å². The molecule has 2 heteroatoms. The van der Waals surface area contributed by atoms with Gasteiger partial charge in [0.25, 0.3) is 0 Å². The number of rotatable bonds is 5. The molecule has 10 heavy (non-hydrogen) atoms. The molecule has 0 rings (SSSR count).